The third-order valence-corrected chi connectivity index (χ3v) is 4.20. The van der Waals surface area contributed by atoms with Crippen LogP contribution in [0.2, 0.25) is 0 Å². The summed E-state index contributed by atoms with van der Waals surface area (Å²) in [7, 11) is 0. The maximum absolute atomic E-state index is 4.63. The van der Waals surface area contributed by atoms with Crippen molar-refractivity contribution in [3.8, 4) is 11.4 Å². The van der Waals surface area contributed by atoms with Gasteiger partial charge in [0.25, 0.3) is 0 Å². The smallest absolute Gasteiger partial charge is 0.163 e. The van der Waals surface area contributed by atoms with Gasteiger partial charge < -0.3 is 5.32 Å². The molecular weight excluding hydrogens is 274 g/mol. The van der Waals surface area contributed by atoms with Crippen LogP contribution in [0.25, 0.3) is 11.4 Å². The molecule has 1 fully saturated rings. The van der Waals surface area contributed by atoms with Crippen molar-refractivity contribution < 1.29 is 0 Å². The first kappa shape index (κ1) is 14.9. The topological polar surface area (TPSA) is 53.9 Å². The van der Waals surface area contributed by atoms with Gasteiger partial charge in [-0.05, 0) is 45.0 Å². The maximum atomic E-state index is 4.63. The minimum atomic E-state index is 0.613. The number of hydrogen-bond donors (Lipinski definition) is 1. The Balaban J connectivity index is 1.73. The van der Waals surface area contributed by atoms with Crippen molar-refractivity contribution in [2.75, 3.05) is 25.0 Å². The van der Waals surface area contributed by atoms with Crippen LogP contribution in [0.5, 0.6) is 0 Å². The van der Waals surface area contributed by atoms with Gasteiger partial charge >= 0.3 is 0 Å². The molecule has 0 saturated carbocycles. The molecule has 3 rings (SSSR count). The SMILES string of the molecule is CCN1CCC[C@@H]1CNc1cc(C)nc(-c2cccnc2)n1. The molecule has 116 valence electrons. The lowest BCUT2D eigenvalue weighted by atomic mass is 10.2. The summed E-state index contributed by atoms with van der Waals surface area (Å²) >= 11 is 0. The zero-order valence-corrected chi connectivity index (χ0v) is 13.3. The Morgan fingerprint density at radius 2 is 2.27 bits per heavy atom. The third kappa shape index (κ3) is 3.42. The first-order valence-electron chi connectivity index (χ1n) is 8.00. The zero-order chi connectivity index (χ0) is 15.4. The standard InChI is InChI=1S/C17H23N5/c1-3-22-9-5-7-15(22)12-19-16-10-13(2)20-17(21-16)14-6-4-8-18-11-14/h4,6,8,10-11,15H,3,5,7,9,12H2,1-2H3,(H,19,20,21)/t15-/m1/s1. The molecular formula is C17H23N5. The number of likely N-dealkylation sites (N-methyl/N-ethyl adjacent to an activating group) is 1. The van der Waals surface area contributed by atoms with Crippen molar-refractivity contribution in [2.45, 2.75) is 32.7 Å². The molecule has 0 radical (unpaired) electrons. The van der Waals surface area contributed by atoms with E-state index in [2.05, 4.69) is 32.1 Å². The molecule has 0 bridgehead atoms. The normalized spacial score (nSPS) is 18.5. The minimum absolute atomic E-state index is 0.613. The summed E-state index contributed by atoms with van der Waals surface area (Å²) in [6.45, 7) is 7.51. The van der Waals surface area contributed by atoms with Crippen LogP contribution in [0.3, 0.4) is 0 Å². The Bertz CT molecular complexity index is 614. The number of anilines is 1. The van der Waals surface area contributed by atoms with Gasteiger partial charge in [-0.2, -0.15) is 0 Å². The molecule has 0 aliphatic carbocycles. The quantitative estimate of drug-likeness (QED) is 0.919. The van der Waals surface area contributed by atoms with Crippen molar-refractivity contribution >= 4 is 5.82 Å². The Morgan fingerprint density at radius 1 is 1.36 bits per heavy atom. The number of nitrogens with one attached hydrogen (secondary N) is 1. The van der Waals surface area contributed by atoms with Gasteiger partial charge in [-0.3, -0.25) is 9.88 Å². The summed E-state index contributed by atoms with van der Waals surface area (Å²) < 4.78 is 0. The molecule has 0 amide bonds. The van der Waals surface area contributed by atoms with Gasteiger partial charge in [0.15, 0.2) is 5.82 Å². The number of pyridine rings is 1. The van der Waals surface area contributed by atoms with E-state index in [1.165, 1.54) is 19.4 Å². The van der Waals surface area contributed by atoms with E-state index in [0.717, 1.165) is 36.0 Å². The molecule has 3 heterocycles. The number of hydrogen-bond acceptors (Lipinski definition) is 5. The molecule has 0 unspecified atom stereocenters. The lowest BCUT2D eigenvalue weighted by Crippen LogP contribution is -2.34. The van der Waals surface area contributed by atoms with Gasteiger partial charge in [-0.15, -0.1) is 0 Å². The highest BCUT2D eigenvalue weighted by Crippen LogP contribution is 2.19. The summed E-state index contributed by atoms with van der Waals surface area (Å²) in [5.74, 6) is 1.63. The van der Waals surface area contributed by atoms with Gasteiger partial charge in [0, 0.05) is 42.3 Å². The highest BCUT2D eigenvalue weighted by atomic mass is 15.2. The summed E-state index contributed by atoms with van der Waals surface area (Å²) in [4.78, 5) is 15.8. The fourth-order valence-corrected chi connectivity index (χ4v) is 3.05. The van der Waals surface area contributed by atoms with Crippen LogP contribution >= 0.6 is 0 Å². The van der Waals surface area contributed by atoms with Crippen LogP contribution in [0.4, 0.5) is 5.82 Å². The molecule has 1 saturated heterocycles. The average Bonchev–Trinajstić information content (AvgIpc) is 3.01. The predicted octanol–water partition coefficient (Wildman–Crippen LogP) is 2.74. The van der Waals surface area contributed by atoms with E-state index in [1.54, 1.807) is 12.4 Å². The Labute approximate surface area is 131 Å². The Morgan fingerprint density at radius 3 is 3.05 bits per heavy atom. The molecule has 2 aromatic heterocycles. The van der Waals surface area contributed by atoms with Crippen molar-refractivity contribution in [1.29, 1.82) is 0 Å². The highest BCUT2D eigenvalue weighted by molar-refractivity contribution is 5.56. The van der Waals surface area contributed by atoms with Crippen molar-refractivity contribution in [1.82, 2.24) is 19.9 Å². The van der Waals surface area contributed by atoms with Crippen LogP contribution in [-0.2, 0) is 0 Å². The van der Waals surface area contributed by atoms with Crippen LogP contribution in [0.1, 0.15) is 25.5 Å². The van der Waals surface area contributed by atoms with Crippen LogP contribution in [0.15, 0.2) is 30.6 Å². The van der Waals surface area contributed by atoms with Crippen LogP contribution in [0, 0.1) is 6.92 Å². The fraction of sp³-hybridized carbons (Fsp3) is 0.471. The van der Waals surface area contributed by atoms with Crippen molar-refractivity contribution in [3.63, 3.8) is 0 Å². The lowest BCUT2D eigenvalue weighted by molar-refractivity contribution is 0.277. The minimum Gasteiger partial charge on any atom is -0.368 e. The van der Waals surface area contributed by atoms with Gasteiger partial charge in [-0.1, -0.05) is 6.92 Å². The van der Waals surface area contributed by atoms with Gasteiger partial charge in [0.05, 0.1) is 0 Å². The molecule has 1 aliphatic rings. The highest BCUT2D eigenvalue weighted by Gasteiger charge is 2.22. The number of likely N-dealkylation sites (tertiary alicyclic amines) is 1. The monoisotopic (exact) mass is 297 g/mol. The zero-order valence-electron chi connectivity index (χ0n) is 13.3. The van der Waals surface area contributed by atoms with Gasteiger partial charge in [0.1, 0.15) is 5.82 Å². The molecule has 0 spiro atoms. The van der Waals surface area contributed by atoms with Crippen LogP contribution < -0.4 is 5.32 Å². The van der Waals surface area contributed by atoms with E-state index in [0.29, 0.717) is 6.04 Å². The second-order valence-corrected chi connectivity index (χ2v) is 5.77. The van der Waals surface area contributed by atoms with Gasteiger partial charge in [0.2, 0.25) is 0 Å². The first-order valence-corrected chi connectivity index (χ1v) is 8.00. The summed E-state index contributed by atoms with van der Waals surface area (Å²) in [5.41, 5.74) is 1.92. The summed E-state index contributed by atoms with van der Waals surface area (Å²) in [5, 5.41) is 3.49. The first-order chi connectivity index (χ1) is 10.8. The second kappa shape index (κ2) is 6.83. The number of nitrogens with zero attached hydrogens (tertiary/aromatic N) is 4. The molecule has 22 heavy (non-hydrogen) atoms. The molecule has 1 aliphatic heterocycles. The Kier molecular flexibility index (Phi) is 4.63. The molecule has 5 heteroatoms. The molecule has 5 nitrogen and oxygen atoms in total. The van der Waals surface area contributed by atoms with E-state index < -0.39 is 0 Å². The van der Waals surface area contributed by atoms with E-state index in [9.17, 15) is 0 Å². The van der Waals surface area contributed by atoms with E-state index in [-0.39, 0.29) is 0 Å². The molecule has 1 atom stereocenters. The van der Waals surface area contributed by atoms with E-state index in [4.69, 9.17) is 0 Å². The lowest BCUT2D eigenvalue weighted by Gasteiger charge is -2.23. The molecule has 1 N–H and O–H groups in total. The fourth-order valence-electron chi connectivity index (χ4n) is 3.05. The van der Waals surface area contributed by atoms with Crippen molar-refractivity contribution in [2.24, 2.45) is 0 Å². The van der Waals surface area contributed by atoms with Gasteiger partial charge in [-0.25, -0.2) is 9.97 Å². The largest absolute Gasteiger partial charge is 0.368 e. The summed E-state index contributed by atoms with van der Waals surface area (Å²) in [6, 6.07) is 6.51. The number of rotatable bonds is 5. The average molecular weight is 297 g/mol. The third-order valence-electron chi connectivity index (χ3n) is 4.20. The maximum Gasteiger partial charge on any atom is 0.163 e. The molecule has 0 aromatic carbocycles. The Hall–Kier alpha value is -2.01. The second-order valence-electron chi connectivity index (χ2n) is 5.77. The van der Waals surface area contributed by atoms with E-state index in [1.807, 2.05) is 25.1 Å². The molecule has 2 aromatic rings. The summed E-state index contributed by atoms with van der Waals surface area (Å²) in [6.07, 6.45) is 6.12. The predicted molar refractivity (Wildman–Crippen MR) is 88.8 cm³/mol. The number of aryl methyl sites for hydroxylation is 1. The van der Waals surface area contributed by atoms with Crippen LogP contribution in [-0.4, -0.2) is 45.5 Å². The van der Waals surface area contributed by atoms with E-state index >= 15 is 0 Å². The van der Waals surface area contributed by atoms with Crippen molar-refractivity contribution in [3.05, 3.63) is 36.3 Å². The number of aromatic nitrogens is 3.